The molecule has 2 atom stereocenters. The first-order chi connectivity index (χ1) is 4.09. The van der Waals surface area contributed by atoms with E-state index in [4.69, 9.17) is 15.3 Å². The lowest BCUT2D eigenvalue weighted by molar-refractivity contribution is -0.583. The van der Waals surface area contributed by atoms with Gasteiger partial charge in [0.2, 0.25) is 0 Å². The zero-order valence-electron chi connectivity index (χ0n) is 4.88. The molecule has 0 aliphatic carbocycles. The first-order valence-corrected chi connectivity index (χ1v) is 2.20. The van der Waals surface area contributed by atoms with E-state index < -0.39 is 23.9 Å². The van der Waals surface area contributed by atoms with Crippen molar-refractivity contribution >= 4 is 12.4 Å². The third-order valence-electron chi connectivity index (χ3n) is 0.747. The molecular weight excluding hydrogens is 165 g/mol. The normalized spacial score (nSPS) is 15.1. The van der Waals surface area contributed by atoms with Crippen molar-refractivity contribution in [1.82, 2.24) is 0 Å². The number of halogens is 1. The van der Waals surface area contributed by atoms with Gasteiger partial charge in [-0.05, 0) is 0 Å². The van der Waals surface area contributed by atoms with E-state index in [-0.39, 0.29) is 12.4 Å². The first kappa shape index (κ1) is 12.3. The SMILES string of the molecule is Cl.O=[N+]([O-])C(O)C(O)CO. The van der Waals surface area contributed by atoms with Crippen LogP contribution >= 0.6 is 12.4 Å². The van der Waals surface area contributed by atoms with E-state index in [1.807, 2.05) is 0 Å². The molecule has 0 aromatic heterocycles. The van der Waals surface area contributed by atoms with Crippen LogP contribution in [0, 0.1) is 10.1 Å². The van der Waals surface area contributed by atoms with Crippen molar-refractivity contribution in [3.63, 3.8) is 0 Å². The Balaban J connectivity index is 0. The largest absolute Gasteiger partial charge is 0.393 e. The van der Waals surface area contributed by atoms with Crippen LogP contribution in [-0.2, 0) is 0 Å². The molecule has 0 aliphatic heterocycles. The Kier molecular flexibility index (Phi) is 6.58. The van der Waals surface area contributed by atoms with E-state index in [9.17, 15) is 10.1 Å². The van der Waals surface area contributed by atoms with Gasteiger partial charge in [-0.2, -0.15) is 0 Å². The van der Waals surface area contributed by atoms with Crippen molar-refractivity contribution in [2.75, 3.05) is 6.61 Å². The van der Waals surface area contributed by atoms with E-state index >= 15 is 0 Å². The highest BCUT2D eigenvalue weighted by Crippen LogP contribution is 1.91. The molecule has 10 heavy (non-hydrogen) atoms. The van der Waals surface area contributed by atoms with E-state index in [2.05, 4.69) is 0 Å². The molecule has 0 fully saturated rings. The second-order valence-electron chi connectivity index (χ2n) is 1.45. The maximum atomic E-state index is 9.58. The highest BCUT2D eigenvalue weighted by atomic mass is 35.5. The van der Waals surface area contributed by atoms with Crippen LogP contribution in [0.3, 0.4) is 0 Å². The van der Waals surface area contributed by atoms with Crippen molar-refractivity contribution in [2.45, 2.75) is 12.3 Å². The summed E-state index contributed by atoms with van der Waals surface area (Å²) >= 11 is 0. The third-order valence-corrected chi connectivity index (χ3v) is 0.747. The molecule has 7 heteroatoms. The molecule has 0 radical (unpaired) electrons. The topological polar surface area (TPSA) is 104 Å². The van der Waals surface area contributed by atoms with Gasteiger partial charge in [-0.3, -0.25) is 10.1 Å². The average molecular weight is 174 g/mol. The van der Waals surface area contributed by atoms with Crippen LogP contribution in [0.1, 0.15) is 0 Å². The van der Waals surface area contributed by atoms with E-state index in [1.165, 1.54) is 0 Å². The van der Waals surface area contributed by atoms with Gasteiger partial charge in [-0.1, -0.05) is 0 Å². The van der Waals surface area contributed by atoms with Gasteiger partial charge in [-0.25, -0.2) is 0 Å². The zero-order valence-corrected chi connectivity index (χ0v) is 5.69. The molecule has 0 saturated carbocycles. The summed E-state index contributed by atoms with van der Waals surface area (Å²) in [6.07, 6.45) is -3.78. The van der Waals surface area contributed by atoms with E-state index in [0.29, 0.717) is 0 Å². The van der Waals surface area contributed by atoms with E-state index in [1.54, 1.807) is 0 Å². The quantitative estimate of drug-likeness (QED) is 0.270. The molecule has 0 aromatic carbocycles. The molecule has 0 heterocycles. The molecule has 0 saturated heterocycles. The summed E-state index contributed by atoms with van der Waals surface area (Å²) in [4.78, 5) is 8.50. The van der Waals surface area contributed by atoms with Gasteiger partial charge in [0.25, 0.3) is 0 Å². The van der Waals surface area contributed by atoms with Crippen LogP contribution in [0.2, 0.25) is 0 Å². The molecule has 0 bridgehead atoms. The second-order valence-corrected chi connectivity index (χ2v) is 1.45. The molecule has 3 N–H and O–H groups in total. The lowest BCUT2D eigenvalue weighted by atomic mass is 10.3. The van der Waals surface area contributed by atoms with Crippen LogP contribution in [0.25, 0.3) is 0 Å². The predicted octanol–water partition coefficient (Wildman–Crippen LogP) is -1.64. The van der Waals surface area contributed by atoms with Crippen molar-refractivity contribution < 1.29 is 20.2 Å². The van der Waals surface area contributed by atoms with Crippen LogP contribution in [0.4, 0.5) is 0 Å². The van der Waals surface area contributed by atoms with Gasteiger partial charge in [-0.15, -0.1) is 12.4 Å². The van der Waals surface area contributed by atoms with Gasteiger partial charge in [0.05, 0.1) is 11.5 Å². The van der Waals surface area contributed by atoms with Crippen LogP contribution in [0.15, 0.2) is 0 Å². The van der Waals surface area contributed by atoms with Crippen molar-refractivity contribution in [2.24, 2.45) is 0 Å². The summed E-state index contributed by atoms with van der Waals surface area (Å²) < 4.78 is 0. The smallest absolute Gasteiger partial charge is 0.341 e. The van der Waals surface area contributed by atoms with Gasteiger partial charge in [0.15, 0.2) is 6.10 Å². The summed E-state index contributed by atoms with van der Waals surface area (Å²) in [5.41, 5.74) is 0. The summed E-state index contributed by atoms with van der Waals surface area (Å²) in [5.74, 6) is 0. The Hall–Kier alpha value is -0.430. The maximum Gasteiger partial charge on any atom is 0.341 e. The number of nitrogens with zero attached hydrogens (tertiary/aromatic N) is 1. The molecule has 0 aliphatic rings. The van der Waals surface area contributed by atoms with Crippen molar-refractivity contribution in [3.8, 4) is 0 Å². The lowest BCUT2D eigenvalue weighted by Crippen LogP contribution is -2.35. The number of hydrogen-bond donors (Lipinski definition) is 3. The molecule has 0 rings (SSSR count). The molecule has 6 nitrogen and oxygen atoms in total. The Morgan fingerprint density at radius 3 is 2.00 bits per heavy atom. The minimum Gasteiger partial charge on any atom is -0.393 e. The molecule has 2 unspecified atom stereocenters. The predicted molar refractivity (Wildman–Crippen MR) is 33.3 cm³/mol. The summed E-state index contributed by atoms with van der Waals surface area (Å²) in [7, 11) is 0. The molecule has 0 aromatic rings. The molecule has 0 amide bonds. The number of rotatable bonds is 3. The van der Waals surface area contributed by atoms with Gasteiger partial charge in [0.1, 0.15) is 0 Å². The number of hydrogen-bond acceptors (Lipinski definition) is 5. The zero-order chi connectivity index (χ0) is 7.44. The number of nitro groups is 1. The Labute approximate surface area is 62.7 Å². The highest BCUT2D eigenvalue weighted by Gasteiger charge is 2.25. The fraction of sp³-hybridized carbons (Fsp3) is 1.00. The Morgan fingerprint density at radius 1 is 1.50 bits per heavy atom. The van der Waals surface area contributed by atoms with Crippen LogP contribution < -0.4 is 0 Å². The van der Waals surface area contributed by atoms with E-state index in [0.717, 1.165) is 0 Å². The van der Waals surface area contributed by atoms with Crippen molar-refractivity contribution in [3.05, 3.63) is 10.1 Å². The Morgan fingerprint density at radius 2 is 1.90 bits per heavy atom. The van der Waals surface area contributed by atoms with Gasteiger partial charge >= 0.3 is 6.23 Å². The van der Waals surface area contributed by atoms with Crippen LogP contribution in [0.5, 0.6) is 0 Å². The van der Waals surface area contributed by atoms with Gasteiger partial charge in [0, 0.05) is 0 Å². The third kappa shape index (κ3) is 3.57. The minimum atomic E-state index is -2.09. The second kappa shape index (κ2) is 5.36. The molecular formula is C3H8ClNO5. The van der Waals surface area contributed by atoms with Gasteiger partial charge < -0.3 is 15.3 Å². The average Bonchev–Trinajstić information content (AvgIpc) is 1.84. The van der Waals surface area contributed by atoms with Crippen LogP contribution in [-0.4, -0.2) is 39.2 Å². The first-order valence-electron chi connectivity index (χ1n) is 2.20. The Bertz CT molecular complexity index is 109. The molecule has 62 valence electrons. The summed E-state index contributed by atoms with van der Waals surface area (Å²) in [6, 6.07) is 0. The number of aliphatic hydroxyl groups is 3. The summed E-state index contributed by atoms with van der Waals surface area (Å²) in [5, 5.41) is 34.3. The monoisotopic (exact) mass is 173 g/mol. The standard InChI is InChI=1S/C3H7NO5.ClH/c5-1-2(6)3(7)4(8)9;/h2-3,5-7H,1H2;1H. The molecule has 0 spiro atoms. The maximum absolute atomic E-state index is 9.58. The minimum absolute atomic E-state index is 0. The summed E-state index contributed by atoms with van der Waals surface area (Å²) in [6.45, 7) is -0.817. The highest BCUT2D eigenvalue weighted by molar-refractivity contribution is 5.85. The number of aliphatic hydroxyl groups excluding tert-OH is 3. The lowest BCUT2D eigenvalue weighted by Gasteiger charge is -2.05. The van der Waals surface area contributed by atoms with Crippen molar-refractivity contribution in [1.29, 1.82) is 0 Å². The fourth-order valence-corrected chi connectivity index (χ4v) is 0.235. The fourth-order valence-electron chi connectivity index (χ4n) is 0.235.